The Morgan fingerprint density at radius 1 is 0.405 bits per heavy atom. The molecular weight excluding hydrogens is 625 g/mol. The van der Waals surface area contributed by atoms with Crippen LogP contribution < -0.4 is 0 Å². The minimum Gasteiger partial charge on any atom is -0.143 e. The Labute approximate surface area is 275 Å². The van der Waals surface area contributed by atoms with E-state index in [0.29, 0.717) is 0 Å². The number of rotatable bonds is 13. The highest BCUT2D eigenvalue weighted by atomic mass is 32.1. The van der Waals surface area contributed by atoms with E-state index in [9.17, 15) is 0 Å². The van der Waals surface area contributed by atoms with Gasteiger partial charge in [0.15, 0.2) is 0 Å². The molecule has 0 atom stereocenters. The Bertz CT molecular complexity index is 1590. The van der Waals surface area contributed by atoms with E-state index in [1.54, 1.807) is 0 Å². The molecule has 0 amide bonds. The van der Waals surface area contributed by atoms with Crippen molar-refractivity contribution in [2.24, 2.45) is 0 Å². The molecule has 6 aromatic rings. The van der Waals surface area contributed by atoms with Gasteiger partial charge in [0.1, 0.15) is 0 Å². The second-order valence-corrected chi connectivity index (χ2v) is 16.9. The molecule has 0 saturated heterocycles. The third kappa shape index (κ3) is 6.22. The SMILES string of the molecule is CCCc1cc(-c2cc(CCC)c(-c3sc(-c4cc(CCC)c(-c5cccs5)s4)cc3CCC)s2)sc1-c1cccs1. The van der Waals surface area contributed by atoms with Crippen molar-refractivity contribution >= 4 is 68.0 Å². The Morgan fingerprint density at radius 2 is 0.714 bits per heavy atom. The summed E-state index contributed by atoms with van der Waals surface area (Å²) in [5, 5.41) is 4.41. The van der Waals surface area contributed by atoms with Gasteiger partial charge in [-0.05, 0) is 95.1 Å². The molecule has 0 radical (unpaired) electrons. The van der Waals surface area contributed by atoms with E-state index in [1.165, 1.54) is 96.7 Å². The average molecular weight is 663 g/mol. The zero-order valence-electron chi connectivity index (χ0n) is 24.9. The molecule has 0 unspecified atom stereocenters. The zero-order valence-corrected chi connectivity index (χ0v) is 29.8. The van der Waals surface area contributed by atoms with Gasteiger partial charge in [-0.1, -0.05) is 65.5 Å². The van der Waals surface area contributed by atoms with Crippen LogP contribution in [0.4, 0.5) is 0 Å². The Hall–Kier alpha value is -1.80. The molecule has 6 heterocycles. The van der Waals surface area contributed by atoms with E-state index in [-0.39, 0.29) is 0 Å². The molecule has 0 N–H and O–H groups in total. The Kier molecular flexibility index (Phi) is 9.99. The number of hydrogen-bond acceptors (Lipinski definition) is 6. The first-order valence-corrected chi connectivity index (χ1v) is 20.3. The summed E-state index contributed by atoms with van der Waals surface area (Å²) in [7, 11) is 0. The molecule has 0 aliphatic rings. The Balaban J connectivity index is 1.43. The fourth-order valence-electron chi connectivity index (χ4n) is 5.64. The lowest BCUT2D eigenvalue weighted by molar-refractivity contribution is 0.921. The van der Waals surface area contributed by atoms with Gasteiger partial charge in [0.05, 0.1) is 0 Å². The van der Waals surface area contributed by atoms with E-state index >= 15 is 0 Å². The molecule has 218 valence electrons. The summed E-state index contributed by atoms with van der Waals surface area (Å²) in [5.41, 5.74) is 6.09. The van der Waals surface area contributed by atoms with Crippen molar-refractivity contribution < 1.29 is 0 Å². The summed E-state index contributed by atoms with van der Waals surface area (Å²) in [5.74, 6) is 0. The maximum absolute atomic E-state index is 2.53. The highest BCUT2D eigenvalue weighted by Crippen LogP contribution is 2.50. The monoisotopic (exact) mass is 662 g/mol. The predicted molar refractivity (Wildman–Crippen MR) is 197 cm³/mol. The van der Waals surface area contributed by atoms with Gasteiger partial charge in [-0.2, -0.15) is 0 Å². The molecule has 0 aromatic carbocycles. The highest BCUT2D eigenvalue weighted by molar-refractivity contribution is 7.30. The first-order chi connectivity index (χ1) is 20.6. The van der Waals surface area contributed by atoms with Crippen LogP contribution in [0.2, 0.25) is 0 Å². The molecular formula is C36H38S6. The lowest BCUT2D eigenvalue weighted by atomic mass is 10.0. The van der Waals surface area contributed by atoms with E-state index in [4.69, 9.17) is 0 Å². The van der Waals surface area contributed by atoms with Crippen LogP contribution in [0.3, 0.4) is 0 Å². The summed E-state index contributed by atoms with van der Waals surface area (Å²) >= 11 is 11.8. The molecule has 0 fully saturated rings. The molecule has 0 bridgehead atoms. The van der Waals surface area contributed by atoms with Crippen molar-refractivity contribution in [1.29, 1.82) is 0 Å². The number of aryl methyl sites for hydroxylation is 4. The van der Waals surface area contributed by atoms with Gasteiger partial charge < -0.3 is 0 Å². The summed E-state index contributed by atoms with van der Waals surface area (Å²) in [6, 6.07) is 19.0. The average Bonchev–Trinajstić information content (AvgIpc) is 3.81. The topological polar surface area (TPSA) is 0 Å². The van der Waals surface area contributed by atoms with Crippen LogP contribution >= 0.6 is 68.0 Å². The minimum absolute atomic E-state index is 1.14. The molecule has 0 aliphatic carbocycles. The maximum Gasteiger partial charge on any atom is 0.0484 e. The highest BCUT2D eigenvalue weighted by Gasteiger charge is 2.22. The third-order valence-corrected chi connectivity index (χ3v) is 14.9. The van der Waals surface area contributed by atoms with Gasteiger partial charge in [-0.15, -0.1) is 68.0 Å². The second kappa shape index (κ2) is 13.9. The van der Waals surface area contributed by atoms with Crippen LogP contribution in [0, 0.1) is 0 Å². The summed E-state index contributed by atoms with van der Waals surface area (Å²) < 4.78 is 0. The molecule has 6 heteroatoms. The quantitative estimate of drug-likeness (QED) is 0.115. The van der Waals surface area contributed by atoms with Crippen LogP contribution in [0.5, 0.6) is 0 Å². The molecule has 0 aliphatic heterocycles. The van der Waals surface area contributed by atoms with Gasteiger partial charge in [0.2, 0.25) is 0 Å². The van der Waals surface area contributed by atoms with E-state index in [2.05, 4.69) is 87.0 Å². The number of hydrogen-bond donors (Lipinski definition) is 0. The molecule has 0 nitrogen and oxygen atoms in total. The van der Waals surface area contributed by atoms with Crippen LogP contribution in [0.25, 0.3) is 48.8 Å². The molecule has 6 rings (SSSR count). The fraction of sp³-hybridized carbons (Fsp3) is 0.333. The van der Waals surface area contributed by atoms with Gasteiger partial charge in [0.25, 0.3) is 0 Å². The fourth-order valence-corrected chi connectivity index (χ4v) is 12.6. The van der Waals surface area contributed by atoms with Crippen molar-refractivity contribution in [3.63, 3.8) is 0 Å². The minimum atomic E-state index is 1.14. The standard InChI is InChI=1S/C36H38S6/c1-5-11-23-19-29(39-33(23)27-15-9-17-37-27)31-21-25(13-7-3)35(41-31)36-26(14-8-4)22-32(42-36)30-20-24(12-6-2)34(40-30)28-16-10-18-38-28/h9-10,15-22H,5-8,11-14H2,1-4H3. The first-order valence-electron chi connectivity index (χ1n) is 15.2. The van der Waals surface area contributed by atoms with Gasteiger partial charge in [0, 0.05) is 48.8 Å². The Morgan fingerprint density at radius 3 is 1.00 bits per heavy atom. The van der Waals surface area contributed by atoms with E-state index < -0.39 is 0 Å². The van der Waals surface area contributed by atoms with Crippen molar-refractivity contribution in [3.8, 4) is 48.8 Å². The third-order valence-electron chi connectivity index (χ3n) is 7.50. The molecule has 0 saturated carbocycles. The smallest absolute Gasteiger partial charge is 0.0484 e. The second-order valence-electron chi connectivity index (χ2n) is 10.8. The van der Waals surface area contributed by atoms with Crippen LogP contribution in [0.15, 0.2) is 59.3 Å². The summed E-state index contributed by atoms with van der Waals surface area (Å²) in [4.78, 5) is 14.6. The van der Waals surface area contributed by atoms with Gasteiger partial charge in [-0.25, -0.2) is 0 Å². The maximum atomic E-state index is 2.53. The lowest BCUT2D eigenvalue weighted by Crippen LogP contribution is -1.86. The van der Waals surface area contributed by atoms with Crippen LogP contribution in [-0.4, -0.2) is 0 Å². The summed E-state index contributed by atoms with van der Waals surface area (Å²) in [6.07, 6.45) is 9.27. The van der Waals surface area contributed by atoms with E-state index in [1.807, 2.05) is 68.0 Å². The van der Waals surface area contributed by atoms with Gasteiger partial charge >= 0.3 is 0 Å². The zero-order chi connectivity index (χ0) is 29.1. The van der Waals surface area contributed by atoms with E-state index in [0.717, 1.165) is 25.7 Å². The summed E-state index contributed by atoms with van der Waals surface area (Å²) in [6.45, 7) is 9.23. The first kappa shape index (κ1) is 30.2. The van der Waals surface area contributed by atoms with Crippen molar-refractivity contribution in [1.82, 2.24) is 0 Å². The molecule has 6 aromatic heterocycles. The normalized spacial score (nSPS) is 11.6. The largest absolute Gasteiger partial charge is 0.143 e. The molecule has 42 heavy (non-hydrogen) atoms. The van der Waals surface area contributed by atoms with Crippen LogP contribution in [-0.2, 0) is 25.7 Å². The number of thiophene rings is 6. The molecule has 0 spiro atoms. The van der Waals surface area contributed by atoms with Crippen molar-refractivity contribution in [3.05, 3.63) is 81.5 Å². The predicted octanol–water partition coefficient (Wildman–Crippen LogP) is 14.2. The van der Waals surface area contributed by atoms with Crippen molar-refractivity contribution in [2.45, 2.75) is 79.1 Å². The van der Waals surface area contributed by atoms with Crippen molar-refractivity contribution in [2.75, 3.05) is 0 Å². The van der Waals surface area contributed by atoms with Gasteiger partial charge in [-0.3, -0.25) is 0 Å². The van der Waals surface area contributed by atoms with Crippen LogP contribution in [0.1, 0.15) is 75.6 Å². The lowest BCUT2D eigenvalue weighted by Gasteiger charge is -2.03.